The molecule has 0 unspecified atom stereocenters. The zero-order chi connectivity index (χ0) is 16.4. The molecule has 0 radical (unpaired) electrons. The summed E-state index contributed by atoms with van der Waals surface area (Å²) in [5.41, 5.74) is 5.83. The van der Waals surface area contributed by atoms with Gasteiger partial charge in [0.1, 0.15) is 5.01 Å². The van der Waals surface area contributed by atoms with Crippen LogP contribution in [0.1, 0.15) is 5.56 Å². The number of rotatable bonds is 3. The first-order chi connectivity index (χ1) is 11.8. The van der Waals surface area contributed by atoms with Gasteiger partial charge in [-0.2, -0.15) is 4.37 Å². The fourth-order valence-electron chi connectivity index (χ4n) is 2.71. The Kier molecular flexibility index (Phi) is 3.93. The molecular weight excluding hydrogens is 312 g/mol. The van der Waals surface area contributed by atoms with Crippen LogP contribution in [-0.2, 0) is 0 Å². The van der Waals surface area contributed by atoms with Crippen molar-refractivity contribution >= 4 is 11.5 Å². The van der Waals surface area contributed by atoms with Gasteiger partial charge < -0.3 is 0 Å². The number of aryl methyl sites for hydroxylation is 1. The highest BCUT2D eigenvalue weighted by atomic mass is 32.1. The highest BCUT2D eigenvalue weighted by Gasteiger charge is 2.10. The number of hydrogen-bond donors (Lipinski definition) is 0. The van der Waals surface area contributed by atoms with Gasteiger partial charge in [0.2, 0.25) is 0 Å². The zero-order valence-electron chi connectivity index (χ0n) is 13.3. The molecule has 116 valence electrons. The summed E-state index contributed by atoms with van der Waals surface area (Å²) in [4.78, 5) is 4.72. The van der Waals surface area contributed by atoms with Gasteiger partial charge in [-0.15, -0.1) is 0 Å². The number of aromatic nitrogens is 2. The first-order valence-corrected chi connectivity index (χ1v) is 8.64. The Morgan fingerprint density at radius 3 is 2.04 bits per heavy atom. The van der Waals surface area contributed by atoms with E-state index in [1.54, 1.807) is 0 Å². The molecule has 0 aliphatic rings. The Bertz CT molecular complexity index is 957. The maximum absolute atomic E-state index is 4.72. The molecule has 0 spiro atoms. The van der Waals surface area contributed by atoms with Gasteiger partial charge in [0, 0.05) is 11.1 Å². The maximum atomic E-state index is 4.72. The summed E-state index contributed by atoms with van der Waals surface area (Å²) in [6.07, 6.45) is 0. The third kappa shape index (κ3) is 2.86. The predicted octanol–water partition coefficient (Wildman–Crippen LogP) is 5.85. The Balaban J connectivity index is 1.65. The minimum absolute atomic E-state index is 0.806. The van der Waals surface area contributed by atoms with Crippen molar-refractivity contribution in [3.63, 3.8) is 0 Å². The van der Waals surface area contributed by atoms with E-state index in [0.29, 0.717) is 0 Å². The normalized spacial score (nSPS) is 10.7. The lowest BCUT2D eigenvalue weighted by atomic mass is 10.0. The minimum Gasteiger partial charge on any atom is -0.215 e. The molecule has 0 N–H and O–H groups in total. The number of hydrogen-bond acceptors (Lipinski definition) is 3. The Labute approximate surface area is 145 Å². The second-order valence-electron chi connectivity index (χ2n) is 5.68. The van der Waals surface area contributed by atoms with Gasteiger partial charge in [-0.25, -0.2) is 4.98 Å². The van der Waals surface area contributed by atoms with E-state index in [-0.39, 0.29) is 0 Å². The molecule has 4 rings (SSSR count). The lowest BCUT2D eigenvalue weighted by molar-refractivity contribution is 1.30. The number of nitrogens with zero attached hydrogens (tertiary/aromatic N) is 2. The Morgan fingerprint density at radius 1 is 0.667 bits per heavy atom. The summed E-state index contributed by atoms with van der Waals surface area (Å²) in [6, 6.07) is 27.1. The predicted molar refractivity (Wildman–Crippen MR) is 101 cm³/mol. The molecule has 1 heterocycles. The summed E-state index contributed by atoms with van der Waals surface area (Å²) in [6.45, 7) is 2.09. The lowest BCUT2D eigenvalue weighted by Crippen LogP contribution is -1.85. The van der Waals surface area contributed by atoms with Crippen LogP contribution < -0.4 is 0 Å². The summed E-state index contributed by atoms with van der Waals surface area (Å²) >= 11 is 1.45. The van der Waals surface area contributed by atoms with Crippen LogP contribution in [0.3, 0.4) is 0 Å². The van der Waals surface area contributed by atoms with E-state index in [0.717, 1.165) is 22.0 Å². The van der Waals surface area contributed by atoms with Crippen LogP contribution in [0.5, 0.6) is 0 Å². The van der Waals surface area contributed by atoms with Gasteiger partial charge >= 0.3 is 0 Å². The van der Waals surface area contributed by atoms with Crippen LogP contribution in [0.25, 0.3) is 33.1 Å². The molecule has 3 aromatic carbocycles. The van der Waals surface area contributed by atoms with Crippen molar-refractivity contribution in [2.45, 2.75) is 6.92 Å². The SMILES string of the molecule is Cc1ccccc1-c1nsc(-c2ccc(-c3ccccc3)cc2)n1. The monoisotopic (exact) mass is 328 g/mol. The molecule has 4 aromatic rings. The zero-order valence-corrected chi connectivity index (χ0v) is 14.1. The summed E-state index contributed by atoms with van der Waals surface area (Å²) in [5.74, 6) is 0.806. The van der Waals surface area contributed by atoms with Gasteiger partial charge in [0.15, 0.2) is 5.82 Å². The van der Waals surface area contributed by atoms with Crippen LogP contribution >= 0.6 is 11.5 Å². The largest absolute Gasteiger partial charge is 0.215 e. The van der Waals surface area contributed by atoms with Gasteiger partial charge in [0.25, 0.3) is 0 Å². The highest BCUT2D eigenvalue weighted by molar-refractivity contribution is 7.09. The van der Waals surface area contributed by atoms with Crippen molar-refractivity contribution in [2.75, 3.05) is 0 Å². The van der Waals surface area contributed by atoms with E-state index < -0.39 is 0 Å². The molecule has 0 amide bonds. The second-order valence-corrected chi connectivity index (χ2v) is 6.43. The molecule has 0 fully saturated rings. The smallest absolute Gasteiger partial charge is 0.173 e. The van der Waals surface area contributed by atoms with E-state index in [9.17, 15) is 0 Å². The lowest BCUT2D eigenvalue weighted by Gasteiger charge is -2.02. The average Bonchev–Trinajstić information content (AvgIpc) is 3.13. The van der Waals surface area contributed by atoms with Crippen LogP contribution in [0.4, 0.5) is 0 Å². The molecule has 0 bridgehead atoms. The van der Waals surface area contributed by atoms with E-state index in [1.165, 1.54) is 28.2 Å². The molecule has 0 atom stereocenters. The maximum Gasteiger partial charge on any atom is 0.173 e. The molecule has 2 nitrogen and oxygen atoms in total. The van der Waals surface area contributed by atoms with Crippen molar-refractivity contribution < 1.29 is 0 Å². The first kappa shape index (κ1) is 14.8. The topological polar surface area (TPSA) is 25.8 Å². The highest BCUT2D eigenvalue weighted by Crippen LogP contribution is 2.29. The molecule has 1 aromatic heterocycles. The van der Waals surface area contributed by atoms with Gasteiger partial charge in [-0.3, -0.25) is 0 Å². The second kappa shape index (κ2) is 6.38. The van der Waals surface area contributed by atoms with Crippen LogP contribution in [0.15, 0.2) is 78.9 Å². The third-order valence-corrected chi connectivity index (χ3v) is 4.82. The van der Waals surface area contributed by atoms with Crippen LogP contribution in [-0.4, -0.2) is 9.36 Å². The standard InChI is InChI=1S/C21H16N2S/c1-15-7-5-6-10-19(15)20-22-21(24-23-20)18-13-11-17(12-14-18)16-8-3-2-4-9-16/h2-14H,1H3. The van der Waals surface area contributed by atoms with E-state index in [4.69, 9.17) is 4.98 Å². The molecule has 3 heteroatoms. The van der Waals surface area contributed by atoms with E-state index in [2.05, 4.69) is 72.0 Å². The van der Waals surface area contributed by atoms with Crippen molar-refractivity contribution in [1.29, 1.82) is 0 Å². The number of benzene rings is 3. The third-order valence-electron chi connectivity index (χ3n) is 4.05. The molecule has 0 saturated carbocycles. The quantitative estimate of drug-likeness (QED) is 0.471. The van der Waals surface area contributed by atoms with Gasteiger partial charge in [-0.05, 0) is 35.1 Å². The first-order valence-electron chi connectivity index (χ1n) is 7.87. The molecule has 0 saturated heterocycles. The summed E-state index contributed by atoms with van der Waals surface area (Å²) in [5, 5.41) is 0.952. The van der Waals surface area contributed by atoms with Gasteiger partial charge in [-0.1, -0.05) is 78.9 Å². The summed E-state index contributed by atoms with van der Waals surface area (Å²) < 4.78 is 4.53. The van der Waals surface area contributed by atoms with Crippen molar-refractivity contribution in [1.82, 2.24) is 9.36 Å². The fraction of sp³-hybridized carbons (Fsp3) is 0.0476. The Hall–Kier alpha value is -2.78. The van der Waals surface area contributed by atoms with Crippen LogP contribution in [0.2, 0.25) is 0 Å². The fourth-order valence-corrected chi connectivity index (χ4v) is 3.39. The average molecular weight is 328 g/mol. The van der Waals surface area contributed by atoms with E-state index >= 15 is 0 Å². The molecule has 0 aliphatic heterocycles. The van der Waals surface area contributed by atoms with Crippen molar-refractivity contribution in [2.24, 2.45) is 0 Å². The molecule has 0 aliphatic carbocycles. The molecular formula is C21H16N2S. The van der Waals surface area contributed by atoms with Crippen molar-refractivity contribution in [3.8, 4) is 33.1 Å². The summed E-state index contributed by atoms with van der Waals surface area (Å²) in [7, 11) is 0. The van der Waals surface area contributed by atoms with E-state index in [1.807, 2.05) is 18.2 Å². The van der Waals surface area contributed by atoms with Crippen LogP contribution in [0, 0.1) is 6.92 Å². The Morgan fingerprint density at radius 2 is 1.29 bits per heavy atom. The van der Waals surface area contributed by atoms with Gasteiger partial charge in [0.05, 0.1) is 0 Å². The molecule has 24 heavy (non-hydrogen) atoms. The minimum atomic E-state index is 0.806. The van der Waals surface area contributed by atoms with Crippen molar-refractivity contribution in [3.05, 3.63) is 84.4 Å².